The van der Waals surface area contributed by atoms with Crippen LogP contribution in [0.25, 0.3) is 0 Å². The second-order valence-electron chi connectivity index (χ2n) is 4.15. The third kappa shape index (κ3) is 2.53. The molecule has 0 radical (unpaired) electrons. The van der Waals surface area contributed by atoms with Gasteiger partial charge in [-0.3, -0.25) is 0 Å². The summed E-state index contributed by atoms with van der Waals surface area (Å²) in [5.74, 6) is 0.565. The molecule has 0 saturated carbocycles. The number of rotatable bonds is 2. The van der Waals surface area contributed by atoms with Crippen LogP contribution in [0.15, 0.2) is 0 Å². The van der Waals surface area contributed by atoms with Crippen molar-refractivity contribution in [1.82, 2.24) is 8.68 Å². The molecule has 1 saturated heterocycles. The summed E-state index contributed by atoms with van der Waals surface area (Å²) in [6, 6.07) is 0. The van der Waals surface area contributed by atoms with Crippen molar-refractivity contribution in [2.75, 3.05) is 43.1 Å². The van der Waals surface area contributed by atoms with E-state index in [0.717, 1.165) is 10.6 Å². The van der Waals surface area contributed by atoms with E-state index in [4.69, 9.17) is 5.73 Å². The molecular weight excluding hydrogens is 260 g/mol. The summed E-state index contributed by atoms with van der Waals surface area (Å²) < 4.78 is 28.4. The van der Waals surface area contributed by atoms with Crippen LogP contribution in [0.3, 0.4) is 0 Å². The third-order valence-electron chi connectivity index (χ3n) is 2.93. The molecule has 0 aromatic carbocycles. The Bertz CT molecular complexity index is 503. The molecule has 1 aromatic rings. The highest BCUT2D eigenvalue weighted by Gasteiger charge is 2.25. The molecule has 8 heteroatoms. The smallest absolute Gasteiger partial charge is 0.211 e. The highest BCUT2D eigenvalue weighted by Crippen LogP contribution is 2.30. The lowest BCUT2D eigenvalue weighted by Crippen LogP contribution is -2.48. The van der Waals surface area contributed by atoms with Crippen molar-refractivity contribution < 1.29 is 8.42 Å². The summed E-state index contributed by atoms with van der Waals surface area (Å²) in [5.41, 5.74) is 6.70. The normalized spacial score (nSPS) is 18.6. The SMILES string of the molecule is Cc1c(N)nsc1N1CCN(S(C)(=O)=O)CC1. The summed E-state index contributed by atoms with van der Waals surface area (Å²) >= 11 is 1.37. The highest BCUT2D eigenvalue weighted by molar-refractivity contribution is 7.88. The molecule has 1 aliphatic rings. The van der Waals surface area contributed by atoms with Crippen molar-refractivity contribution in [2.45, 2.75) is 6.92 Å². The van der Waals surface area contributed by atoms with Gasteiger partial charge in [-0.25, -0.2) is 8.42 Å². The number of hydrogen-bond acceptors (Lipinski definition) is 6. The molecule has 1 aromatic heterocycles. The van der Waals surface area contributed by atoms with Gasteiger partial charge >= 0.3 is 0 Å². The predicted molar refractivity (Wildman–Crippen MR) is 69.9 cm³/mol. The van der Waals surface area contributed by atoms with Crippen LogP contribution in [0.4, 0.5) is 10.8 Å². The number of nitrogens with zero attached hydrogens (tertiary/aromatic N) is 3. The number of nitrogen functional groups attached to an aromatic ring is 1. The molecular formula is C9H16N4O2S2. The van der Waals surface area contributed by atoms with E-state index >= 15 is 0 Å². The van der Waals surface area contributed by atoms with Crippen LogP contribution in [-0.4, -0.2) is 49.5 Å². The molecule has 0 amide bonds. The van der Waals surface area contributed by atoms with E-state index in [1.807, 2.05) is 6.92 Å². The van der Waals surface area contributed by atoms with Gasteiger partial charge in [-0.15, -0.1) is 0 Å². The van der Waals surface area contributed by atoms with Crippen LogP contribution >= 0.6 is 11.5 Å². The van der Waals surface area contributed by atoms with Gasteiger partial charge in [0.25, 0.3) is 0 Å². The summed E-state index contributed by atoms with van der Waals surface area (Å²) in [7, 11) is -3.07. The highest BCUT2D eigenvalue weighted by atomic mass is 32.2. The van der Waals surface area contributed by atoms with Crippen molar-refractivity contribution in [3.63, 3.8) is 0 Å². The van der Waals surface area contributed by atoms with Crippen molar-refractivity contribution in [3.05, 3.63) is 5.56 Å². The number of aromatic nitrogens is 1. The fourth-order valence-corrected chi connectivity index (χ4v) is 3.54. The number of hydrogen-bond donors (Lipinski definition) is 1. The Morgan fingerprint density at radius 2 is 1.88 bits per heavy atom. The van der Waals surface area contributed by atoms with E-state index in [-0.39, 0.29) is 0 Å². The van der Waals surface area contributed by atoms with Crippen molar-refractivity contribution in [1.29, 1.82) is 0 Å². The summed E-state index contributed by atoms with van der Waals surface area (Å²) in [5, 5.41) is 1.05. The first-order chi connectivity index (χ1) is 7.89. The molecule has 6 nitrogen and oxygen atoms in total. The van der Waals surface area contributed by atoms with E-state index in [1.54, 1.807) is 0 Å². The quantitative estimate of drug-likeness (QED) is 0.829. The van der Waals surface area contributed by atoms with Gasteiger partial charge in [-0.2, -0.15) is 8.68 Å². The maximum Gasteiger partial charge on any atom is 0.211 e. The molecule has 0 bridgehead atoms. The minimum Gasteiger partial charge on any atom is -0.383 e. The maximum atomic E-state index is 11.4. The topological polar surface area (TPSA) is 79.5 Å². The molecule has 17 heavy (non-hydrogen) atoms. The van der Waals surface area contributed by atoms with Gasteiger partial charge in [0.05, 0.1) is 6.26 Å². The number of sulfonamides is 1. The summed E-state index contributed by atoms with van der Waals surface area (Å²) in [6.07, 6.45) is 1.25. The molecule has 0 unspecified atom stereocenters. The van der Waals surface area contributed by atoms with Crippen LogP contribution in [0, 0.1) is 6.92 Å². The van der Waals surface area contributed by atoms with Crippen LogP contribution in [0.2, 0.25) is 0 Å². The minimum atomic E-state index is -3.07. The van der Waals surface area contributed by atoms with E-state index in [0.29, 0.717) is 32.0 Å². The molecule has 1 aliphatic heterocycles. The first-order valence-corrected chi connectivity index (χ1v) is 7.93. The lowest BCUT2D eigenvalue weighted by molar-refractivity contribution is 0.388. The Balaban J connectivity index is 2.07. The fourth-order valence-electron chi connectivity index (χ4n) is 1.86. The second kappa shape index (κ2) is 4.43. The van der Waals surface area contributed by atoms with Crippen LogP contribution in [0.1, 0.15) is 5.56 Å². The Kier molecular flexibility index (Phi) is 3.28. The Hall–Kier alpha value is -0.860. The zero-order chi connectivity index (χ0) is 12.6. The Morgan fingerprint density at radius 3 is 2.29 bits per heavy atom. The third-order valence-corrected chi connectivity index (χ3v) is 5.26. The maximum absolute atomic E-state index is 11.4. The largest absolute Gasteiger partial charge is 0.383 e. The van der Waals surface area contributed by atoms with Gasteiger partial charge in [0.2, 0.25) is 10.0 Å². The lowest BCUT2D eigenvalue weighted by Gasteiger charge is -2.33. The Labute approximate surface area is 105 Å². The van der Waals surface area contributed by atoms with Crippen LogP contribution < -0.4 is 10.6 Å². The van der Waals surface area contributed by atoms with Gasteiger partial charge in [0.1, 0.15) is 10.8 Å². The van der Waals surface area contributed by atoms with E-state index < -0.39 is 10.0 Å². The number of nitrogens with two attached hydrogens (primary N) is 1. The van der Waals surface area contributed by atoms with Crippen LogP contribution in [-0.2, 0) is 10.0 Å². The number of anilines is 2. The lowest BCUT2D eigenvalue weighted by atomic mass is 10.3. The molecule has 0 aliphatic carbocycles. The van der Waals surface area contributed by atoms with Crippen molar-refractivity contribution in [2.24, 2.45) is 0 Å². The van der Waals surface area contributed by atoms with Crippen molar-refractivity contribution in [3.8, 4) is 0 Å². The minimum absolute atomic E-state index is 0.524. The van der Waals surface area contributed by atoms with E-state index in [2.05, 4.69) is 9.27 Å². The second-order valence-corrected chi connectivity index (χ2v) is 6.88. The molecule has 2 N–H and O–H groups in total. The zero-order valence-electron chi connectivity index (χ0n) is 9.88. The molecule has 0 spiro atoms. The molecule has 1 fully saturated rings. The van der Waals surface area contributed by atoms with E-state index in [1.165, 1.54) is 22.1 Å². The molecule has 0 atom stereocenters. The number of piperazine rings is 1. The van der Waals surface area contributed by atoms with Gasteiger partial charge in [0.15, 0.2) is 0 Å². The Morgan fingerprint density at radius 1 is 1.29 bits per heavy atom. The average molecular weight is 276 g/mol. The van der Waals surface area contributed by atoms with Gasteiger partial charge in [-0.1, -0.05) is 0 Å². The molecule has 2 heterocycles. The van der Waals surface area contributed by atoms with Crippen LogP contribution in [0.5, 0.6) is 0 Å². The average Bonchev–Trinajstić information content (AvgIpc) is 2.59. The molecule has 96 valence electrons. The van der Waals surface area contributed by atoms with Gasteiger partial charge in [-0.05, 0) is 18.5 Å². The first-order valence-electron chi connectivity index (χ1n) is 5.31. The fraction of sp³-hybridized carbons (Fsp3) is 0.667. The standard InChI is InChI=1S/C9H16N4O2S2/c1-7-8(10)11-16-9(7)12-3-5-13(6-4-12)17(2,14)15/h3-6H2,1-2H3,(H2,10,11). The van der Waals surface area contributed by atoms with E-state index in [9.17, 15) is 8.42 Å². The first kappa shape index (κ1) is 12.6. The predicted octanol–water partition coefficient (Wildman–Crippen LogP) is 0.115. The zero-order valence-corrected chi connectivity index (χ0v) is 11.5. The van der Waals surface area contributed by atoms with Crippen molar-refractivity contribution >= 4 is 32.4 Å². The van der Waals surface area contributed by atoms with Gasteiger partial charge < -0.3 is 10.6 Å². The van der Waals surface area contributed by atoms with Gasteiger partial charge in [0, 0.05) is 31.7 Å². The molecule has 2 rings (SSSR count). The summed E-state index contributed by atoms with van der Waals surface area (Å²) in [6.45, 7) is 4.37. The monoisotopic (exact) mass is 276 g/mol. The summed E-state index contributed by atoms with van der Waals surface area (Å²) in [4.78, 5) is 2.14.